The van der Waals surface area contributed by atoms with Crippen LogP contribution in [0.2, 0.25) is 0 Å². The van der Waals surface area contributed by atoms with E-state index < -0.39 is 0 Å². The molecule has 0 N–H and O–H groups in total. The Morgan fingerprint density at radius 2 is 2.22 bits per heavy atom. The minimum atomic E-state index is -0.190. The molecule has 0 spiro atoms. The van der Waals surface area contributed by atoms with E-state index in [4.69, 9.17) is 4.74 Å². The first-order valence-electron chi connectivity index (χ1n) is 7.93. The van der Waals surface area contributed by atoms with Crippen molar-refractivity contribution in [2.45, 2.75) is 18.9 Å². The Kier molecular flexibility index (Phi) is 4.51. The molecule has 1 unspecified atom stereocenters. The molecule has 1 aromatic rings. The summed E-state index contributed by atoms with van der Waals surface area (Å²) in [7, 11) is 3.47. The number of methoxy groups -OCH3 is 1. The maximum Gasteiger partial charge on any atom is 0.327 e. The molecule has 3 heterocycles. The van der Waals surface area contributed by atoms with Crippen molar-refractivity contribution in [1.29, 1.82) is 0 Å². The minimum Gasteiger partial charge on any atom is -0.383 e. The molecule has 126 valence electrons. The lowest BCUT2D eigenvalue weighted by Gasteiger charge is -2.37. The number of imide groups is 1. The quantitative estimate of drug-likeness (QED) is 0.730. The van der Waals surface area contributed by atoms with Crippen molar-refractivity contribution < 1.29 is 14.3 Å². The summed E-state index contributed by atoms with van der Waals surface area (Å²) >= 11 is 0. The van der Waals surface area contributed by atoms with Gasteiger partial charge < -0.3 is 14.5 Å². The molecule has 3 amide bonds. The van der Waals surface area contributed by atoms with Crippen LogP contribution in [0.5, 0.6) is 0 Å². The Morgan fingerprint density at radius 1 is 1.39 bits per heavy atom. The minimum absolute atomic E-state index is 0.0727. The molecule has 0 bridgehead atoms. The van der Waals surface area contributed by atoms with Crippen LogP contribution >= 0.6 is 0 Å². The number of nitrogens with zero attached hydrogens (tertiary/aromatic N) is 5. The molecule has 3 rings (SSSR count). The average Bonchev–Trinajstić information content (AvgIpc) is 3.09. The van der Waals surface area contributed by atoms with Crippen molar-refractivity contribution in [3.8, 4) is 0 Å². The summed E-state index contributed by atoms with van der Waals surface area (Å²) in [6, 6.07) is -0.262. The molecule has 2 fully saturated rings. The van der Waals surface area contributed by atoms with Crippen LogP contribution in [0, 0.1) is 0 Å². The van der Waals surface area contributed by atoms with E-state index in [-0.39, 0.29) is 24.5 Å². The van der Waals surface area contributed by atoms with E-state index in [0.29, 0.717) is 19.7 Å². The zero-order chi connectivity index (χ0) is 16.4. The highest BCUT2D eigenvalue weighted by molar-refractivity contribution is 6.02. The fourth-order valence-corrected chi connectivity index (χ4v) is 3.27. The number of aryl methyl sites for hydroxylation is 1. The van der Waals surface area contributed by atoms with Crippen LogP contribution in [-0.2, 0) is 16.6 Å². The number of ether oxygens (including phenoxy) is 1. The number of rotatable bonds is 5. The maximum absolute atomic E-state index is 12.5. The van der Waals surface area contributed by atoms with E-state index in [2.05, 4.69) is 10.00 Å². The van der Waals surface area contributed by atoms with Gasteiger partial charge in [0.15, 0.2) is 0 Å². The van der Waals surface area contributed by atoms with Gasteiger partial charge >= 0.3 is 6.03 Å². The van der Waals surface area contributed by atoms with Crippen molar-refractivity contribution in [2.75, 3.05) is 44.8 Å². The van der Waals surface area contributed by atoms with Crippen LogP contribution in [0.3, 0.4) is 0 Å². The fourth-order valence-electron chi connectivity index (χ4n) is 3.27. The van der Waals surface area contributed by atoms with Gasteiger partial charge in [-0.05, 0) is 12.8 Å². The van der Waals surface area contributed by atoms with Gasteiger partial charge in [0.2, 0.25) is 0 Å². The lowest BCUT2D eigenvalue weighted by Crippen LogP contribution is -2.50. The Hall–Kier alpha value is -2.09. The molecule has 8 nitrogen and oxygen atoms in total. The number of amides is 3. The number of hydrogen-bond donors (Lipinski definition) is 0. The van der Waals surface area contributed by atoms with Crippen molar-refractivity contribution in [3.05, 3.63) is 12.4 Å². The first-order chi connectivity index (χ1) is 11.1. The van der Waals surface area contributed by atoms with Gasteiger partial charge in [-0.1, -0.05) is 0 Å². The standard InChI is InChI=1S/C15H23N5O3/c1-17-9-13(8-16-17)18-5-3-4-12(10-18)20-14(21)11-19(15(20)22)6-7-23-2/h8-9,12H,3-7,10-11H2,1-2H3. The van der Waals surface area contributed by atoms with E-state index in [1.165, 1.54) is 4.90 Å². The highest BCUT2D eigenvalue weighted by Crippen LogP contribution is 2.25. The summed E-state index contributed by atoms with van der Waals surface area (Å²) in [4.78, 5) is 30.0. The van der Waals surface area contributed by atoms with Crippen LogP contribution < -0.4 is 4.90 Å². The molecule has 0 saturated carbocycles. The van der Waals surface area contributed by atoms with E-state index >= 15 is 0 Å². The number of aromatic nitrogens is 2. The van der Waals surface area contributed by atoms with Gasteiger partial charge in [-0.15, -0.1) is 0 Å². The molecule has 2 saturated heterocycles. The number of hydrogen-bond acceptors (Lipinski definition) is 5. The average molecular weight is 321 g/mol. The highest BCUT2D eigenvalue weighted by atomic mass is 16.5. The molecule has 1 aromatic heterocycles. The third kappa shape index (κ3) is 3.17. The first kappa shape index (κ1) is 15.8. The molecule has 8 heteroatoms. The van der Waals surface area contributed by atoms with E-state index in [1.54, 1.807) is 16.7 Å². The van der Waals surface area contributed by atoms with Crippen LogP contribution in [0.4, 0.5) is 10.5 Å². The predicted octanol–water partition coefficient (Wildman–Crippen LogP) is 0.300. The topological polar surface area (TPSA) is 70.9 Å². The van der Waals surface area contributed by atoms with Gasteiger partial charge in [0.1, 0.15) is 6.54 Å². The summed E-state index contributed by atoms with van der Waals surface area (Å²) in [6.07, 6.45) is 5.59. The smallest absolute Gasteiger partial charge is 0.327 e. The molecular weight excluding hydrogens is 298 g/mol. The normalized spacial score (nSPS) is 22.3. The fraction of sp³-hybridized carbons (Fsp3) is 0.667. The van der Waals surface area contributed by atoms with Gasteiger partial charge in [-0.2, -0.15) is 5.10 Å². The van der Waals surface area contributed by atoms with E-state index in [1.807, 2.05) is 19.4 Å². The molecular formula is C15H23N5O3. The number of carbonyl (C=O) groups is 2. The van der Waals surface area contributed by atoms with Gasteiger partial charge in [0, 0.05) is 40.0 Å². The lowest BCUT2D eigenvalue weighted by atomic mass is 10.0. The second kappa shape index (κ2) is 6.57. The lowest BCUT2D eigenvalue weighted by molar-refractivity contribution is -0.127. The monoisotopic (exact) mass is 321 g/mol. The van der Waals surface area contributed by atoms with Crippen LogP contribution in [-0.4, -0.2) is 77.5 Å². The zero-order valence-electron chi connectivity index (χ0n) is 13.6. The summed E-state index contributed by atoms with van der Waals surface area (Å²) in [5.74, 6) is -0.107. The number of anilines is 1. The zero-order valence-corrected chi connectivity index (χ0v) is 13.6. The predicted molar refractivity (Wildman–Crippen MR) is 84.1 cm³/mol. The number of urea groups is 1. The molecule has 0 aliphatic carbocycles. The molecule has 1 atom stereocenters. The van der Waals surface area contributed by atoms with E-state index in [0.717, 1.165) is 25.1 Å². The Morgan fingerprint density at radius 3 is 2.91 bits per heavy atom. The van der Waals surface area contributed by atoms with Gasteiger partial charge in [-0.3, -0.25) is 14.4 Å². The van der Waals surface area contributed by atoms with Crippen LogP contribution in [0.1, 0.15) is 12.8 Å². The van der Waals surface area contributed by atoms with Crippen LogP contribution in [0.15, 0.2) is 12.4 Å². The van der Waals surface area contributed by atoms with Gasteiger partial charge in [0.05, 0.1) is 24.5 Å². The molecule has 0 radical (unpaired) electrons. The van der Waals surface area contributed by atoms with Gasteiger partial charge in [0.25, 0.3) is 5.91 Å². The largest absolute Gasteiger partial charge is 0.383 e. The summed E-state index contributed by atoms with van der Waals surface area (Å²) in [6.45, 7) is 2.65. The third-order valence-corrected chi connectivity index (χ3v) is 4.45. The molecule has 23 heavy (non-hydrogen) atoms. The highest BCUT2D eigenvalue weighted by Gasteiger charge is 2.41. The Bertz CT molecular complexity index is 587. The molecule has 2 aliphatic rings. The number of piperidine rings is 1. The van der Waals surface area contributed by atoms with Crippen molar-refractivity contribution in [2.24, 2.45) is 7.05 Å². The Balaban J connectivity index is 1.68. The number of carbonyl (C=O) groups excluding carboxylic acids is 2. The molecule has 0 aromatic carbocycles. The van der Waals surface area contributed by atoms with Crippen molar-refractivity contribution in [1.82, 2.24) is 19.6 Å². The van der Waals surface area contributed by atoms with Crippen LogP contribution in [0.25, 0.3) is 0 Å². The van der Waals surface area contributed by atoms with Crippen molar-refractivity contribution in [3.63, 3.8) is 0 Å². The van der Waals surface area contributed by atoms with Gasteiger partial charge in [-0.25, -0.2) is 4.79 Å². The van der Waals surface area contributed by atoms with E-state index in [9.17, 15) is 9.59 Å². The van der Waals surface area contributed by atoms with Crippen molar-refractivity contribution >= 4 is 17.6 Å². The summed E-state index contributed by atoms with van der Waals surface area (Å²) in [5, 5.41) is 4.20. The summed E-state index contributed by atoms with van der Waals surface area (Å²) < 4.78 is 6.77. The Labute approximate surface area is 135 Å². The SMILES string of the molecule is COCCN1CC(=O)N(C2CCCN(c3cnn(C)c3)C2)C1=O. The third-order valence-electron chi connectivity index (χ3n) is 4.45. The maximum atomic E-state index is 12.5. The molecule has 2 aliphatic heterocycles. The first-order valence-corrected chi connectivity index (χ1v) is 7.93. The second-order valence-electron chi connectivity index (χ2n) is 6.07. The second-order valence-corrected chi connectivity index (χ2v) is 6.07. The summed E-state index contributed by atoms with van der Waals surface area (Å²) in [5.41, 5.74) is 1.03.